The number of aromatic nitrogens is 2. The van der Waals surface area contributed by atoms with Gasteiger partial charge in [0.2, 0.25) is 5.91 Å². The summed E-state index contributed by atoms with van der Waals surface area (Å²) in [4.78, 5) is 33.4. The topological polar surface area (TPSA) is 55.2 Å². The fourth-order valence-electron chi connectivity index (χ4n) is 3.30. The first-order chi connectivity index (χ1) is 11.0. The van der Waals surface area contributed by atoms with Crippen LogP contribution in [0, 0.1) is 5.92 Å². The summed E-state index contributed by atoms with van der Waals surface area (Å²) in [6, 6.07) is 0. The second-order valence-electron chi connectivity index (χ2n) is 6.28. The van der Waals surface area contributed by atoms with Crippen molar-refractivity contribution in [2.24, 2.45) is 5.92 Å². The van der Waals surface area contributed by atoms with Crippen LogP contribution in [0.3, 0.4) is 0 Å². The molecule has 2 heterocycles. The molecule has 1 aliphatic carbocycles. The van der Waals surface area contributed by atoms with Crippen LogP contribution in [-0.2, 0) is 24.2 Å². The zero-order valence-corrected chi connectivity index (χ0v) is 14.8. The monoisotopic (exact) mass is 333 g/mol. The molecule has 0 saturated carbocycles. The van der Waals surface area contributed by atoms with E-state index < -0.39 is 0 Å². The number of carbonyl (C=O) groups is 1. The van der Waals surface area contributed by atoms with Gasteiger partial charge in [0, 0.05) is 18.0 Å². The van der Waals surface area contributed by atoms with Crippen LogP contribution in [0.5, 0.6) is 0 Å². The predicted octanol–water partition coefficient (Wildman–Crippen LogP) is 2.45. The van der Waals surface area contributed by atoms with E-state index in [4.69, 9.17) is 0 Å². The molecule has 23 heavy (non-hydrogen) atoms. The highest BCUT2D eigenvalue weighted by Gasteiger charge is 2.23. The number of hydrogen-bond donors (Lipinski definition) is 0. The van der Waals surface area contributed by atoms with Gasteiger partial charge < -0.3 is 4.90 Å². The third kappa shape index (κ3) is 2.92. The molecule has 0 N–H and O–H groups in total. The Morgan fingerprint density at radius 1 is 1.43 bits per heavy atom. The Labute approximate surface area is 139 Å². The number of likely N-dealkylation sites (N-methyl/N-ethyl adjacent to an activating group) is 1. The predicted molar refractivity (Wildman–Crippen MR) is 93.0 cm³/mol. The number of nitrogens with zero attached hydrogens (tertiary/aromatic N) is 3. The number of thiophene rings is 1. The van der Waals surface area contributed by atoms with Crippen molar-refractivity contribution in [1.82, 2.24) is 14.5 Å². The largest absolute Gasteiger partial charge is 0.342 e. The minimum Gasteiger partial charge on any atom is -0.342 e. The van der Waals surface area contributed by atoms with Gasteiger partial charge in [-0.1, -0.05) is 6.92 Å². The molecule has 3 rings (SSSR count). The highest BCUT2D eigenvalue weighted by molar-refractivity contribution is 7.18. The van der Waals surface area contributed by atoms with Gasteiger partial charge in [-0.2, -0.15) is 0 Å². The van der Waals surface area contributed by atoms with Crippen LogP contribution in [0.25, 0.3) is 10.2 Å². The number of aryl methyl sites for hydroxylation is 1. The van der Waals surface area contributed by atoms with E-state index in [1.165, 1.54) is 21.3 Å². The molecule has 0 aliphatic heterocycles. The van der Waals surface area contributed by atoms with Gasteiger partial charge in [0.15, 0.2) is 0 Å². The molecule has 0 fully saturated rings. The Hall–Kier alpha value is -1.69. The fraction of sp³-hybridized carbons (Fsp3) is 0.588. The van der Waals surface area contributed by atoms with Crippen LogP contribution in [0.4, 0.5) is 0 Å². The van der Waals surface area contributed by atoms with Crippen molar-refractivity contribution >= 4 is 27.5 Å². The molecule has 1 atom stereocenters. The second-order valence-corrected chi connectivity index (χ2v) is 7.36. The molecule has 5 nitrogen and oxygen atoms in total. The summed E-state index contributed by atoms with van der Waals surface area (Å²) in [5, 5.41) is 0.742. The van der Waals surface area contributed by atoms with Gasteiger partial charge in [-0.3, -0.25) is 14.2 Å². The second kappa shape index (κ2) is 6.43. The van der Waals surface area contributed by atoms with Gasteiger partial charge in [-0.25, -0.2) is 4.98 Å². The molecule has 0 aromatic carbocycles. The van der Waals surface area contributed by atoms with Crippen molar-refractivity contribution in [3.63, 3.8) is 0 Å². The summed E-state index contributed by atoms with van der Waals surface area (Å²) < 4.78 is 1.47. The zero-order valence-electron chi connectivity index (χ0n) is 14.0. The minimum absolute atomic E-state index is 0.0315. The van der Waals surface area contributed by atoms with E-state index in [-0.39, 0.29) is 18.0 Å². The Morgan fingerprint density at radius 3 is 2.87 bits per heavy atom. The quantitative estimate of drug-likeness (QED) is 0.863. The number of rotatable bonds is 4. The first kappa shape index (κ1) is 16.2. The van der Waals surface area contributed by atoms with E-state index in [0.29, 0.717) is 19.0 Å². The van der Waals surface area contributed by atoms with Crippen LogP contribution >= 0.6 is 11.3 Å². The molecule has 1 aliphatic rings. The third-order valence-corrected chi connectivity index (χ3v) is 5.87. The highest BCUT2D eigenvalue weighted by Crippen LogP contribution is 2.35. The van der Waals surface area contributed by atoms with E-state index in [9.17, 15) is 9.59 Å². The van der Waals surface area contributed by atoms with Crippen molar-refractivity contribution in [3.8, 4) is 0 Å². The van der Waals surface area contributed by atoms with Crippen LogP contribution in [-0.4, -0.2) is 33.4 Å². The van der Waals surface area contributed by atoms with Gasteiger partial charge in [0.05, 0.1) is 11.7 Å². The van der Waals surface area contributed by atoms with Crippen molar-refractivity contribution in [1.29, 1.82) is 0 Å². The molecule has 6 heteroatoms. The third-order valence-electron chi connectivity index (χ3n) is 4.70. The number of carbonyl (C=O) groups excluding carboxylic acids is 1. The Bertz CT molecular complexity index is 789. The Kier molecular flexibility index (Phi) is 4.53. The summed E-state index contributed by atoms with van der Waals surface area (Å²) in [7, 11) is 0. The molecule has 0 spiro atoms. The van der Waals surface area contributed by atoms with Crippen LogP contribution in [0.15, 0.2) is 11.1 Å². The SMILES string of the molecule is CCN(CC)C(=O)Cn1cnc2sc3c(c2c1=O)CC[C@@H](C)C3. The Morgan fingerprint density at radius 2 is 2.17 bits per heavy atom. The lowest BCUT2D eigenvalue weighted by Crippen LogP contribution is -2.36. The summed E-state index contributed by atoms with van der Waals surface area (Å²) >= 11 is 1.64. The molecular weight excluding hydrogens is 310 g/mol. The van der Waals surface area contributed by atoms with Gasteiger partial charge in [0.25, 0.3) is 5.56 Å². The smallest absolute Gasteiger partial charge is 0.262 e. The van der Waals surface area contributed by atoms with Crippen LogP contribution in [0.2, 0.25) is 0 Å². The molecule has 0 radical (unpaired) electrons. The molecular formula is C17H23N3O2S. The van der Waals surface area contributed by atoms with Crippen LogP contribution < -0.4 is 5.56 Å². The van der Waals surface area contributed by atoms with Gasteiger partial charge in [-0.15, -0.1) is 11.3 Å². The molecule has 2 aromatic rings. The first-order valence-electron chi connectivity index (χ1n) is 8.32. The fourth-order valence-corrected chi connectivity index (χ4v) is 4.64. The van der Waals surface area contributed by atoms with Crippen molar-refractivity contribution < 1.29 is 4.79 Å². The Balaban J connectivity index is 1.99. The first-order valence-corrected chi connectivity index (χ1v) is 9.14. The maximum absolute atomic E-state index is 12.8. The van der Waals surface area contributed by atoms with Gasteiger partial charge in [-0.05, 0) is 44.6 Å². The van der Waals surface area contributed by atoms with Crippen molar-refractivity contribution in [2.45, 2.75) is 46.6 Å². The average molecular weight is 333 g/mol. The van der Waals surface area contributed by atoms with E-state index in [1.807, 2.05) is 13.8 Å². The molecule has 0 unspecified atom stereocenters. The van der Waals surface area contributed by atoms with Crippen molar-refractivity contribution in [2.75, 3.05) is 13.1 Å². The summed E-state index contributed by atoms with van der Waals surface area (Å²) in [6.45, 7) is 7.54. The molecule has 0 saturated heterocycles. The normalized spacial score (nSPS) is 17.3. The molecule has 1 amide bonds. The summed E-state index contributed by atoms with van der Waals surface area (Å²) in [5.41, 5.74) is 1.10. The lowest BCUT2D eigenvalue weighted by molar-refractivity contribution is -0.131. The van der Waals surface area contributed by atoms with Gasteiger partial charge >= 0.3 is 0 Å². The number of fused-ring (bicyclic) bond motifs is 3. The zero-order chi connectivity index (χ0) is 16.6. The molecule has 0 bridgehead atoms. The maximum Gasteiger partial charge on any atom is 0.262 e. The molecule has 2 aromatic heterocycles. The summed E-state index contributed by atoms with van der Waals surface area (Å²) in [5.74, 6) is 0.637. The van der Waals surface area contributed by atoms with E-state index in [0.717, 1.165) is 29.5 Å². The number of hydrogen-bond acceptors (Lipinski definition) is 4. The minimum atomic E-state index is -0.0671. The standard InChI is InChI=1S/C17H23N3O2S/c1-4-19(5-2)14(21)9-20-10-18-16-15(17(20)22)12-7-6-11(3)8-13(12)23-16/h10-11H,4-9H2,1-3H3/t11-/m1/s1. The molecule has 124 valence electrons. The van der Waals surface area contributed by atoms with E-state index in [2.05, 4.69) is 11.9 Å². The lowest BCUT2D eigenvalue weighted by Gasteiger charge is -2.19. The van der Waals surface area contributed by atoms with Gasteiger partial charge in [0.1, 0.15) is 11.4 Å². The van der Waals surface area contributed by atoms with E-state index >= 15 is 0 Å². The summed E-state index contributed by atoms with van der Waals surface area (Å²) in [6.07, 6.45) is 4.62. The van der Waals surface area contributed by atoms with Crippen molar-refractivity contribution in [3.05, 3.63) is 27.1 Å². The lowest BCUT2D eigenvalue weighted by atomic mass is 9.89. The van der Waals surface area contributed by atoms with E-state index in [1.54, 1.807) is 16.2 Å². The maximum atomic E-state index is 12.8. The van der Waals surface area contributed by atoms with Crippen LogP contribution in [0.1, 0.15) is 37.6 Å². The average Bonchev–Trinajstić information content (AvgIpc) is 2.89. The highest BCUT2D eigenvalue weighted by atomic mass is 32.1. The number of amides is 1.